The first kappa shape index (κ1) is 25.8. The van der Waals surface area contributed by atoms with Crippen LogP contribution in [0.15, 0.2) is 36.4 Å². The van der Waals surface area contributed by atoms with Crippen LogP contribution in [0.2, 0.25) is 5.02 Å². The monoisotopic (exact) mass is 514 g/mol. The molecule has 8 nitrogen and oxygen atoms in total. The average Bonchev–Trinajstić information content (AvgIpc) is 3.27. The minimum absolute atomic E-state index is 0.0379. The van der Waals surface area contributed by atoms with Crippen LogP contribution in [0.4, 0.5) is 10.1 Å². The van der Waals surface area contributed by atoms with Gasteiger partial charge in [-0.1, -0.05) is 31.5 Å². The summed E-state index contributed by atoms with van der Waals surface area (Å²) in [4.78, 5) is 28.9. The third kappa shape index (κ3) is 4.74. The van der Waals surface area contributed by atoms with Gasteiger partial charge in [0, 0.05) is 36.8 Å². The molecule has 2 aliphatic rings. The van der Waals surface area contributed by atoms with Crippen molar-refractivity contribution in [3.05, 3.63) is 75.3 Å². The lowest BCUT2D eigenvalue weighted by atomic mass is 9.97. The van der Waals surface area contributed by atoms with Crippen molar-refractivity contribution in [2.24, 2.45) is 0 Å². The third-order valence-electron chi connectivity index (χ3n) is 6.34. The summed E-state index contributed by atoms with van der Waals surface area (Å²) in [7, 11) is 0. The molecular weight excluding hydrogens is 487 g/mol. The summed E-state index contributed by atoms with van der Waals surface area (Å²) >= 11 is 6.11. The number of anilines is 1. The summed E-state index contributed by atoms with van der Waals surface area (Å²) in [6.45, 7) is 5.98. The van der Waals surface area contributed by atoms with Gasteiger partial charge < -0.3 is 15.1 Å². The lowest BCUT2D eigenvalue weighted by Crippen LogP contribution is -2.40. The molecule has 3 heterocycles. The number of aliphatic hydroxyl groups is 1. The van der Waals surface area contributed by atoms with Gasteiger partial charge in [0.25, 0.3) is 5.91 Å². The number of hydrogen-bond donors (Lipinski definition) is 2. The molecule has 2 aliphatic heterocycles. The number of carboxylic acid groups (broad SMARTS) is 1. The highest BCUT2D eigenvalue weighted by atomic mass is 35.5. The first-order chi connectivity index (χ1) is 17.4. The normalized spacial score (nSPS) is 15.1. The van der Waals surface area contributed by atoms with Gasteiger partial charge in [-0.05, 0) is 54.3 Å². The van der Waals surface area contributed by atoms with E-state index in [-0.39, 0.29) is 36.6 Å². The van der Waals surface area contributed by atoms with Crippen LogP contribution in [0.5, 0.6) is 0 Å². The van der Waals surface area contributed by atoms with Crippen molar-refractivity contribution in [1.82, 2.24) is 14.7 Å². The van der Waals surface area contributed by atoms with E-state index in [4.69, 9.17) is 11.6 Å². The number of rotatable bonds is 5. The summed E-state index contributed by atoms with van der Waals surface area (Å²) in [6, 6.07) is 9.76. The van der Waals surface area contributed by atoms with Crippen LogP contribution in [0, 0.1) is 5.82 Å². The molecule has 0 atom stereocenters. The zero-order valence-electron chi connectivity index (χ0n) is 20.2. The van der Waals surface area contributed by atoms with Gasteiger partial charge in [-0.3, -0.25) is 9.69 Å². The second-order valence-electron chi connectivity index (χ2n) is 8.40. The fraction of sp³-hybridized carbons (Fsp3) is 0.346. The number of nitrogens with zero attached hydrogens (tertiary/aromatic N) is 4. The third-order valence-corrected chi connectivity index (χ3v) is 6.57. The number of amides is 1. The molecule has 0 radical (unpaired) electrons. The number of aromatic carboxylic acids is 1. The number of benzene rings is 2. The maximum Gasteiger partial charge on any atom is 0.356 e. The number of carbonyl (C=O) groups is 2. The SMILES string of the molecule is CC.O=C(O)c1nn(-c2cccc(Cl)c2)c2c1CCN(c1cc3c(cc1F)CCN(CCO)C3)C2=O. The smallest absolute Gasteiger partial charge is 0.356 e. The van der Waals surface area contributed by atoms with Crippen molar-refractivity contribution in [3.8, 4) is 5.69 Å². The molecule has 0 fully saturated rings. The molecule has 36 heavy (non-hydrogen) atoms. The Kier molecular flexibility index (Phi) is 7.73. The van der Waals surface area contributed by atoms with Crippen LogP contribution in [-0.2, 0) is 19.4 Å². The highest BCUT2D eigenvalue weighted by molar-refractivity contribution is 6.30. The number of β-amino-alcohol motifs (C(OH)–C–C–N with tert-alkyl or cyclic N) is 1. The van der Waals surface area contributed by atoms with Crippen molar-refractivity contribution in [2.75, 3.05) is 31.1 Å². The van der Waals surface area contributed by atoms with Gasteiger partial charge >= 0.3 is 5.97 Å². The van der Waals surface area contributed by atoms with Crippen LogP contribution < -0.4 is 4.90 Å². The molecule has 3 aromatic rings. The van der Waals surface area contributed by atoms with Crippen molar-refractivity contribution in [2.45, 2.75) is 33.2 Å². The second-order valence-corrected chi connectivity index (χ2v) is 8.84. The van der Waals surface area contributed by atoms with Gasteiger partial charge in [-0.15, -0.1) is 0 Å². The molecule has 0 unspecified atom stereocenters. The van der Waals surface area contributed by atoms with Crippen LogP contribution in [0.25, 0.3) is 5.69 Å². The Hall–Kier alpha value is -3.27. The highest BCUT2D eigenvalue weighted by Gasteiger charge is 2.36. The molecule has 190 valence electrons. The van der Waals surface area contributed by atoms with E-state index >= 15 is 4.39 Å². The molecule has 10 heteroatoms. The molecular formula is C26H28ClFN4O4. The first-order valence-electron chi connectivity index (χ1n) is 11.9. The number of carboxylic acids is 1. The zero-order valence-corrected chi connectivity index (χ0v) is 20.9. The minimum Gasteiger partial charge on any atom is -0.476 e. The Labute approximate surface area is 213 Å². The van der Waals surface area contributed by atoms with Gasteiger partial charge in [0.15, 0.2) is 5.69 Å². The van der Waals surface area contributed by atoms with Crippen LogP contribution in [0.1, 0.15) is 51.5 Å². The highest BCUT2D eigenvalue weighted by Crippen LogP contribution is 2.33. The quantitative estimate of drug-likeness (QED) is 0.535. The van der Waals surface area contributed by atoms with Crippen LogP contribution in [-0.4, -0.2) is 63.0 Å². The Balaban J connectivity index is 0.00000148. The van der Waals surface area contributed by atoms with E-state index in [1.165, 1.54) is 15.6 Å². The van der Waals surface area contributed by atoms with Gasteiger partial charge in [-0.2, -0.15) is 5.10 Å². The molecule has 0 saturated carbocycles. The number of halogens is 2. The molecule has 1 aromatic heterocycles. The number of carbonyl (C=O) groups excluding carboxylic acids is 1. The topological polar surface area (TPSA) is 98.9 Å². The van der Waals surface area contributed by atoms with Crippen molar-refractivity contribution < 1.29 is 24.2 Å². The molecule has 0 aliphatic carbocycles. The van der Waals surface area contributed by atoms with Crippen molar-refractivity contribution >= 4 is 29.2 Å². The number of hydrogen-bond acceptors (Lipinski definition) is 5. The summed E-state index contributed by atoms with van der Waals surface area (Å²) < 4.78 is 16.5. The van der Waals surface area contributed by atoms with Gasteiger partial charge in [-0.25, -0.2) is 13.9 Å². The van der Waals surface area contributed by atoms with E-state index in [1.54, 1.807) is 30.3 Å². The largest absolute Gasteiger partial charge is 0.476 e. The standard InChI is InChI=1S/C24H22ClFN4O4.C2H6/c25-16-2-1-3-17(12-16)30-22-18(21(27-30)24(33)34)5-7-29(23(22)32)20-11-15-13-28(8-9-31)6-4-14(15)10-19(20)26;1-2/h1-3,10-12,31H,4-9,13H2,(H,33,34);1-2H3. The molecule has 2 aromatic carbocycles. The summed E-state index contributed by atoms with van der Waals surface area (Å²) in [5.41, 5.74) is 2.59. The Morgan fingerprint density at radius 1 is 1.14 bits per heavy atom. The molecule has 5 rings (SSSR count). The molecule has 0 bridgehead atoms. The van der Waals surface area contributed by atoms with E-state index in [9.17, 15) is 19.8 Å². The summed E-state index contributed by atoms with van der Waals surface area (Å²) in [5.74, 6) is -2.26. The van der Waals surface area contributed by atoms with Gasteiger partial charge in [0.2, 0.25) is 0 Å². The fourth-order valence-electron chi connectivity index (χ4n) is 4.72. The maximum absolute atomic E-state index is 15.2. The molecule has 0 spiro atoms. The van der Waals surface area contributed by atoms with Crippen LogP contribution in [0.3, 0.4) is 0 Å². The van der Waals surface area contributed by atoms with Gasteiger partial charge in [0.1, 0.15) is 11.5 Å². The Morgan fingerprint density at radius 2 is 1.92 bits per heavy atom. The van der Waals surface area contributed by atoms with Crippen molar-refractivity contribution in [1.29, 1.82) is 0 Å². The Morgan fingerprint density at radius 3 is 2.61 bits per heavy atom. The number of aromatic nitrogens is 2. The molecule has 1 amide bonds. The van der Waals surface area contributed by atoms with Gasteiger partial charge in [0.05, 0.1) is 18.0 Å². The lowest BCUT2D eigenvalue weighted by Gasteiger charge is -2.32. The molecule has 2 N–H and O–H groups in total. The average molecular weight is 515 g/mol. The zero-order chi connectivity index (χ0) is 26.0. The van der Waals surface area contributed by atoms with Crippen molar-refractivity contribution in [3.63, 3.8) is 0 Å². The Bertz CT molecular complexity index is 1310. The predicted molar refractivity (Wildman–Crippen MR) is 135 cm³/mol. The van der Waals surface area contributed by atoms with E-state index in [0.717, 1.165) is 17.7 Å². The molecule has 0 saturated heterocycles. The minimum atomic E-state index is -1.23. The number of aliphatic hydroxyl groups excluding tert-OH is 1. The summed E-state index contributed by atoms with van der Waals surface area (Å²) in [6.07, 6.45) is 0.880. The van der Waals surface area contributed by atoms with E-state index in [1.807, 2.05) is 13.8 Å². The van der Waals surface area contributed by atoms with Crippen LogP contribution >= 0.6 is 11.6 Å². The van der Waals surface area contributed by atoms with E-state index in [0.29, 0.717) is 35.8 Å². The first-order valence-corrected chi connectivity index (χ1v) is 12.3. The lowest BCUT2D eigenvalue weighted by molar-refractivity contribution is 0.0688. The number of fused-ring (bicyclic) bond motifs is 2. The second kappa shape index (κ2) is 10.8. The predicted octanol–water partition coefficient (Wildman–Crippen LogP) is 3.94. The fourth-order valence-corrected chi connectivity index (χ4v) is 4.90. The van der Waals surface area contributed by atoms with E-state index in [2.05, 4.69) is 10.00 Å². The maximum atomic E-state index is 15.2. The summed E-state index contributed by atoms with van der Waals surface area (Å²) in [5, 5.41) is 23.5. The van der Waals surface area contributed by atoms with E-state index < -0.39 is 17.7 Å².